The largest absolute Gasteiger partial charge is 0.374 e. The molecule has 0 aromatic heterocycles. The fourth-order valence-corrected chi connectivity index (χ4v) is 0.475. The lowest BCUT2D eigenvalue weighted by Crippen LogP contribution is -2.31. The van der Waals surface area contributed by atoms with Crippen LogP contribution in [0, 0.1) is 0 Å². The maximum Gasteiger partial charge on any atom is 0.0624 e. The number of ether oxygens (including phenoxy) is 1. The van der Waals surface area contributed by atoms with Crippen molar-refractivity contribution in [1.82, 2.24) is 0 Å². The summed E-state index contributed by atoms with van der Waals surface area (Å²) in [5.41, 5.74) is 5.61. The molecule has 0 aliphatic heterocycles. The van der Waals surface area contributed by atoms with Crippen LogP contribution in [0.4, 0.5) is 0 Å². The smallest absolute Gasteiger partial charge is 0.0624 e. The molecule has 0 aromatic rings. The molecule has 1 atom stereocenters. The summed E-state index contributed by atoms with van der Waals surface area (Å²) in [6.07, 6.45) is 0.982. The third kappa shape index (κ3) is 6.05. The third-order valence-corrected chi connectivity index (χ3v) is 1.25. The van der Waals surface area contributed by atoms with Gasteiger partial charge < -0.3 is 10.5 Å². The molecule has 0 saturated carbocycles. The molecule has 2 nitrogen and oxygen atoms in total. The van der Waals surface area contributed by atoms with Crippen molar-refractivity contribution in [2.45, 2.75) is 45.8 Å². The van der Waals surface area contributed by atoms with E-state index in [0.717, 1.165) is 6.42 Å². The monoisotopic (exact) mass is 145 g/mol. The molecular weight excluding hydrogens is 126 g/mol. The summed E-state index contributed by atoms with van der Waals surface area (Å²) in [5.74, 6) is 0. The highest BCUT2D eigenvalue weighted by Gasteiger charge is 2.11. The van der Waals surface area contributed by atoms with Crippen molar-refractivity contribution in [2.75, 3.05) is 6.61 Å². The standard InChI is InChI=1S/C8H19NO/c1-5-7(9)6-10-8(2,3)4/h7H,5-6,9H2,1-4H3/t7-/m1/s1. The minimum atomic E-state index is -0.0488. The number of nitrogens with two attached hydrogens (primary N) is 1. The average molecular weight is 145 g/mol. The number of hydrogen-bond donors (Lipinski definition) is 1. The molecule has 0 amide bonds. The number of hydrogen-bond acceptors (Lipinski definition) is 2. The molecule has 0 radical (unpaired) electrons. The van der Waals surface area contributed by atoms with Gasteiger partial charge in [0, 0.05) is 6.04 Å². The van der Waals surface area contributed by atoms with E-state index in [2.05, 4.69) is 6.92 Å². The fraction of sp³-hybridized carbons (Fsp3) is 1.00. The lowest BCUT2D eigenvalue weighted by Gasteiger charge is -2.21. The summed E-state index contributed by atoms with van der Waals surface area (Å²) in [6.45, 7) is 8.84. The molecule has 0 rings (SSSR count). The third-order valence-electron chi connectivity index (χ3n) is 1.25. The Balaban J connectivity index is 3.36. The van der Waals surface area contributed by atoms with Gasteiger partial charge in [-0.3, -0.25) is 0 Å². The normalized spacial score (nSPS) is 15.3. The highest BCUT2D eigenvalue weighted by Crippen LogP contribution is 2.06. The van der Waals surface area contributed by atoms with Gasteiger partial charge in [0.1, 0.15) is 0 Å². The van der Waals surface area contributed by atoms with E-state index in [1.807, 2.05) is 20.8 Å². The van der Waals surface area contributed by atoms with Crippen LogP contribution in [0.2, 0.25) is 0 Å². The van der Waals surface area contributed by atoms with Gasteiger partial charge in [0.05, 0.1) is 12.2 Å². The molecule has 2 N–H and O–H groups in total. The van der Waals surface area contributed by atoms with Crippen molar-refractivity contribution in [1.29, 1.82) is 0 Å². The average Bonchev–Trinajstić information content (AvgIpc) is 1.81. The second-order valence-electron chi connectivity index (χ2n) is 3.59. The van der Waals surface area contributed by atoms with Gasteiger partial charge in [0.15, 0.2) is 0 Å². The maximum absolute atomic E-state index is 5.66. The molecule has 0 heterocycles. The number of rotatable bonds is 3. The van der Waals surface area contributed by atoms with Crippen LogP contribution in [0.5, 0.6) is 0 Å². The molecule has 0 fully saturated rings. The van der Waals surface area contributed by atoms with Gasteiger partial charge in [0.25, 0.3) is 0 Å². The van der Waals surface area contributed by atoms with Crippen LogP contribution in [0.25, 0.3) is 0 Å². The molecule has 0 saturated heterocycles. The molecule has 0 bridgehead atoms. The summed E-state index contributed by atoms with van der Waals surface area (Å²) >= 11 is 0. The van der Waals surface area contributed by atoms with E-state index in [-0.39, 0.29) is 11.6 Å². The van der Waals surface area contributed by atoms with Gasteiger partial charge in [-0.2, -0.15) is 0 Å². The SMILES string of the molecule is CC[C@@H](N)COC(C)(C)C. The van der Waals surface area contributed by atoms with Gasteiger partial charge in [-0.25, -0.2) is 0 Å². The van der Waals surface area contributed by atoms with Crippen LogP contribution in [-0.4, -0.2) is 18.2 Å². The fourth-order valence-electron chi connectivity index (χ4n) is 0.475. The second-order valence-corrected chi connectivity index (χ2v) is 3.59. The zero-order valence-electron chi connectivity index (χ0n) is 7.48. The topological polar surface area (TPSA) is 35.2 Å². The molecule has 62 valence electrons. The highest BCUT2D eigenvalue weighted by atomic mass is 16.5. The maximum atomic E-state index is 5.66. The van der Waals surface area contributed by atoms with Crippen molar-refractivity contribution in [3.8, 4) is 0 Å². The zero-order chi connectivity index (χ0) is 8.20. The summed E-state index contributed by atoms with van der Waals surface area (Å²) in [5, 5.41) is 0. The van der Waals surface area contributed by atoms with E-state index < -0.39 is 0 Å². The first-order chi connectivity index (χ1) is 4.45. The molecule has 0 aromatic carbocycles. The minimum Gasteiger partial charge on any atom is -0.374 e. The minimum absolute atomic E-state index is 0.0488. The molecule has 0 aliphatic carbocycles. The Morgan fingerprint density at radius 3 is 2.20 bits per heavy atom. The quantitative estimate of drug-likeness (QED) is 0.653. The van der Waals surface area contributed by atoms with Crippen molar-refractivity contribution in [3.05, 3.63) is 0 Å². The van der Waals surface area contributed by atoms with E-state index >= 15 is 0 Å². The molecule has 10 heavy (non-hydrogen) atoms. The first-order valence-corrected chi connectivity index (χ1v) is 3.85. The van der Waals surface area contributed by atoms with Gasteiger partial charge in [-0.1, -0.05) is 6.92 Å². The van der Waals surface area contributed by atoms with Crippen molar-refractivity contribution >= 4 is 0 Å². The summed E-state index contributed by atoms with van der Waals surface area (Å²) in [6, 6.07) is 0.194. The van der Waals surface area contributed by atoms with E-state index in [0.29, 0.717) is 6.61 Å². The first kappa shape index (κ1) is 9.92. The molecule has 0 spiro atoms. The summed E-state index contributed by atoms with van der Waals surface area (Å²) in [7, 11) is 0. The zero-order valence-corrected chi connectivity index (χ0v) is 7.48. The Bertz CT molecular complexity index is 85.7. The molecule has 2 heteroatoms. The summed E-state index contributed by atoms with van der Waals surface area (Å²) in [4.78, 5) is 0. The summed E-state index contributed by atoms with van der Waals surface area (Å²) < 4.78 is 5.46. The second kappa shape index (κ2) is 3.94. The predicted molar refractivity (Wildman–Crippen MR) is 44.0 cm³/mol. The molecule has 0 aliphatic rings. The Kier molecular flexibility index (Phi) is 3.91. The Labute approximate surface area is 63.7 Å². The van der Waals surface area contributed by atoms with E-state index in [1.165, 1.54) is 0 Å². The van der Waals surface area contributed by atoms with Gasteiger partial charge in [-0.05, 0) is 27.2 Å². The molecule has 0 unspecified atom stereocenters. The van der Waals surface area contributed by atoms with Crippen LogP contribution in [0.1, 0.15) is 34.1 Å². The van der Waals surface area contributed by atoms with Crippen LogP contribution < -0.4 is 5.73 Å². The van der Waals surface area contributed by atoms with Crippen LogP contribution in [-0.2, 0) is 4.74 Å². The predicted octanol–water partition coefficient (Wildman–Crippen LogP) is 1.54. The van der Waals surface area contributed by atoms with Crippen molar-refractivity contribution in [2.24, 2.45) is 5.73 Å². The van der Waals surface area contributed by atoms with Crippen LogP contribution in [0.15, 0.2) is 0 Å². The van der Waals surface area contributed by atoms with Gasteiger partial charge in [-0.15, -0.1) is 0 Å². The van der Waals surface area contributed by atoms with Crippen LogP contribution >= 0.6 is 0 Å². The lowest BCUT2D eigenvalue weighted by molar-refractivity contribution is -0.0102. The van der Waals surface area contributed by atoms with Gasteiger partial charge >= 0.3 is 0 Å². The lowest BCUT2D eigenvalue weighted by atomic mass is 10.2. The van der Waals surface area contributed by atoms with E-state index in [4.69, 9.17) is 10.5 Å². The Morgan fingerprint density at radius 2 is 1.90 bits per heavy atom. The van der Waals surface area contributed by atoms with E-state index in [1.54, 1.807) is 0 Å². The van der Waals surface area contributed by atoms with E-state index in [9.17, 15) is 0 Å². The van der Waals surface area contributed by atoms with Gasteiger partial charge in [0.2, 0.25) is 0 Å². The highest BCUT2D eigenvalue weighted by molar-refractivity contribution is 4.63. The van der Waals surface area contributed by atoms with Crippen LogP contribution in [0.3, 0.4) is 0 Å². The first-order valence-electron chi connectivity index (χ1n) is 3.85. The Hall–Kier alpha value is -0.0800. The Morgan fingerprint density at radius 1 is 1.40 bits per heavy atom. The molecular formula is C8H19NO. The van der Waals surface area contributed by atoms with Crippen molar-refractivity contribution in [3.63, 3.8) is 0 Å². The van der Waals surface area contributed by atoms with Crippen molar-refractivity contribution < 1.29 is 4.74 Å².